The van der Waals surface area contributed by atoms with Crippen molar-refractivity contribution in [1.29, 1.82) is 0 Å². The van der Waals surface area contributed by atoms with Crippen LogP contribution in [0.25, 0.3) is 0 Å². The molecule has 0 radical (unpaired) electrons. The number of halogens is 5. The highest BCUT2D eigenvalue weighted by Gasteiger charge is 2.33. The van der Waals surface area contributed by atoms with Gasteiger partial charge in [-0.25, -0.2) is 13.6 Å². The molecule has 0 saturated carbocycles. The molecule has 0 fully saturated rings. The smallest absolute Gasteiger partial charge is 0.461 e. The molecule has 0 bridgehead atoms. The maximum Gasteiger partial charge on any atom is 0.573 e. The molecule has 1 aromatic heterocycles. The molecule has 0 atom stereocenters. The van der Waals surface area contributed by atoms with Gasteiger partial charge in [-0.1, -0.05) is 0 Å². The van der Waals surface area contributed by atoms with Crippen molar-refractivity contribution in [2.75, 3.05) is 6.61 Å². The van der Waals surface area contributed by atoms with Crippen LogP contribution in [0.4, 0.5) is 22.0 Å². The third kappa shape index (κ3) is 3.93. The molecular formula is C10H8F5NO4. The molecule has 0 aliphatic heterocycles. The summed E-state index contributed by atoms with van der Waals surface area (Å²) in [6, 6.07) is 0.156. The van der Waals surface area contributed by atoms with Crippen molar-refractivity contribution >= 4 is 5.97 Å². The van der Waals surface area contributed by atoms with E-state index in [9.17, 15) is 31.5 Å². The van der Waals surface area contributed by atoms with E-state index in [-0.39, 0.29) is 12.7 Å². The number of carbonyl (C=O) groups excluding carboxylic acids is 1. The minimum absolute atomic E-state index is 0.156. The van der Waals surface area contributed by atoms with Crippen LogP contribution in [-0.2, 0) is 4.74 Å². The zero-order chi connectivity index (χ0) is 15.5. The number of alkyl halides is 5. The number of ether oxygens (including phenoxy) is 2. The second-order valence-electron chi connectivity index (χ2n) is 3.36. The summed E-state index contributed by atoms with van der Waals surface area (Å²) >= 11 is 0. The number of esters is 1. The van der Waals surface area contributed by atoms with Crippen LogP contribution < -0.4 is 10.3 Å². The van der Waals surface area contributed by atoms with Crippen molar-refractivity contribution in [2.24, 2.45) is 0 Å². The lowest BCUT2D eigenvalue weighted by Gasteiger charge is -2.12. The van der Waals surface area contributed by atoms with Gasteiger partial charge in [-0.05, 0) is 13.0 Å². The Bertz CT molecular complexity index is 552. The molecule has 0 unspecified atom stereocenters. The number of aromatic amines is 1. The van der Waals surface area contributed by atoms with Gasteiger partial charge in [0.25, 0.3) is 12.0 Å². The summed E-state index contributed by atoms with van der Waals surface area (Å²) in [6.07, 6.45) is -8.53. The van der Waals surface area contributed by atoms with Gasteiger partial charge in [0.2, 0.25) is 0 Å². The molecule has 1 heterocycles. The van der Waals surface area contributed by atoms with Crippen LogP contribution >= 0.6 is 0 Å². The zero-order valence-electron chi connectivity index (χ0n) is 9.88. The third-order valence-corrected chi connectivity index (χ3v) is 1.98. The van der Waals surface area contributed by atoms with Gasteiger partial charge in [0.05, 0.1) is 12.2 Å². The molecule has 5 nitrogen and oxygen atoms in total. The second kappa shape index (κ2) is 5.88. The van der Waals surface area contributed by atoms with Crippen LogP contribution in [-0.4, -0.2) is 23.9 Å². The zero-order valence-corrected chi connectivity index (χ0v) is 9.88. The predicted octanol–water partition coefficient (Wildman–Crippen LogP) is 2.39. The fourth-order valence-electron chi connectivity index (χ4n) is 1.27. The van der Waals surface area contributed by atoms with E-state index in [1.54, 1.807) is 4.98 Å². The topological polar surface area (TPSA) is 68.4 Å². The lowest BCUT2D eigenvalue weighted by Crippen LogP contribution is -2.25. The van der Waals surface area contributed by atoms with Crippen LogP contribution in [0.5, 0.6) is 5.75 Å². The number of aromatic nitrogens is 1. The second-order valence-corrected chi connectivity index (χ2v) is 3.36. The summed E-state index contributed by atoms with van der Waals surface area (Å²) in [5.74, 6) is -2.67. The van der Waals surface area contributed by atoms with Crippen molar-refractivity contribution in [1.82, 2.24) is 4.98 Å². The maximum atomic E-state index is 12.7. The van der Waals surface area contributed by atoms with E-state index in [0.717, 1.165) is 0 Å². The first kappa shape index (κ1) is 15.9. The molecule has 1 N–H and O–H groups in total. The minimum atomic E-state index is -5.22. The Hall–Kier alpha value is -2.13. The molecule has 112 valence electrons. The SMILES string of the molecule is CCOC(=O)c1[nH]c(=O)c(OC(F)(F)F)cc1C(F)F. The third-order valence-electron chi connectivity index (χ3n) is 1.98. The Kier molecular flexibility index (Phi) is 4.69. The summed E-state index contributed by atoms with van der Waals surface area (Å²) in [5, 5.41) is 0. The fourth-order valence-corrected chi connectivity index (χ4v) is 1.27. The Morgan fingerprint density at radius 2 is 2.00 bits per heavy atom. The number of H-pyrrole nitrogens is 1. The van der Waals surface area contributed by atoms with E-state index in [1.807, 2.05) is 0 Å². The summed E-state index contributed by atoms with van der Waals surface area (Å²) in [5.41, 5.74) is -3.52. The number of hydrogen-bond donors (Lipinski definition) is 1. The van der Waals surface area contributed by atoms with Crippen molar-refractivity contribution in [3.63, 3.8) is 0 Å². The summed E-state index contributed by atoms with van der Waals surface area (Å²) in [4.78, 5) is 24.2. The average Bonchev–Trinajstić information content (AvgIpc) is 2.29. The highest BCUT2D eigenvalue weighted by atomic mass is 19.4. The van der Waals surface area contributed by atoms with Crippen molar-refractivity contribution in [2.45, 2.75) is 19.7 Å². The van der Waals surface area contributed by atoms with E-state index < -0.39 is 41.3 Å². The van der Waals surface area contributed by atoms with Gasteiger partial charge >= 0.3 is 12.3 Å². The number of carbonyl (C=O) groups is 1. The first-order valence-corrected chi connectivity index (χ1v) is 5.14. The summed E-state index contributed by atoms with van der Waals surface area (Å²) in [6.45, 7) is 1.23. The van der Waals surface area contributed by atoms with E-state index in [2.05, 4.69) is 9.47 Å². The molecule has 0 amide bonds. The molecule has 20 heavy (non-hydrogen) atoms. The van der Waals surface area contributed by atoms with Gasteiger partial charge in [-0.15, -0.1) is 13.2 Å². The predicted molar refractivity (Wildman–Crippen MR) is 54.7 cm³/mol. The van der Waals surface area contributed by atoms with Crippen LogP contribution in [0.3, 0.4) is 0 Å². The lowest BCUT2D eigenvalue weighted by atomic mass is 10.2. The minimum Gasteiger partial charge on any atom is -0.461 e. The normalized spacial score (nSPS) is 11.6. The molecule has 1 aromatic rings. The van der Waals surface area contributed by atoms with Gasteiger partial charge in [-0.3, -0.25) is 4.79 Å². The van der Waals surface area contributed by atoms with Gasteiger partial charge in [0, 0.05) is 0 Å². The van der Waals surface area contributed by atoms with Gasteiger partial charge < -0.3 is 14.5 Å². The molecule has 0 saturated heterocycles. The standard InChI is InChI=1S/C10H8F5NO4/c1-2-19-9(18)6-4(7(11)12)3-5(8(17)16-6)20-10(13,14)15/h3,7H,2H2,1H3,(H,16,17). The van der Waals surface area contributed by atoms with Crippen LogP contribution in [0.1, 0.15) is 29.4 Å². The van der Waals surface area contributed by atoms with E-state index in [4.69, 9.17) is 0 Å². The molecule has 0 aromatic carbocycles. The maximum absolute atomic E-state index is 12.7. The number of rotatable bonds is 4. The molecule has 10 heteroatoms. The quantitative estimate of drug-likeness (QED) is 0.685. The van der Waals surface area contributed by atoms with Crippen LogP contribution in [0.2, 0.25) is 0 Å². The molecule has 0 spiro atoms. The average molecular weight is 301 g/mol. The van der Waals surface area contributed by atoms with Gasteiger partial charge in [0.1, 0.15) is 5.69 Å². The Labute approximate surface area is 108 Å². The number of nitrogens with one attached hydrogen (secondary N) is 1. The summed E-state index contributed by atoms with van der Waals surface area (Å²) < 4.78 is 69.0. The largest absolute Gasteiger partial charge is 0.573 e. The van der Waals surface area contributed by atoms with Crippen LogP contribution in [0.15, 0.2) is 10.9 Å². The van der Waals surface area contributed by atoms with Crippen LogP contribution in [0, 0.1) is 0 Å². The van der Waals surface area contributed by atoms with Crippen molar-refractivity contribution in [3.8, 4) is 5.75 Å². The Morgan fingerprint density at radius 3 is 2.45 bits per heavy atom. The van der Waals surface area contributed by atoms with Gasteiger partial charge in [-0.2, -0.15) is 0 Å². The fraction of sp³-hybridized carbons (Fsp3) is 0.400. The Morgan fingerprint density at radius 1 is 1.40 bits per heavy atom. The molecule has 0 aliphatic rings. The lowest BCUT2D eigenvalue weighted by molar-refractivity contribution is -0.275. The van der Waals surface area contributed by atoms with E-state index in [1.165, 1.54) is 6.92 Å². The monoisotopic (exact) mass is 301 g/mol. The molecule has 1 rings (SSSR count). The highest BCUT2D eigenvalue weighted by Crippen LogP contribution is 2.27. The van der Waals surface area contributed by atoms with Crippen molar-refractivity contribution < 1.29 is 36.2 Å². The summed E-state index contributed by atoms with van der Waals surface area (Å²) in [7, 11) is 0. The molecular weight excluding hydrogens is 293 g/mol. The Balaban J connectivity index is 3.32. The van der Waals surface area contributed by atoms with Crippen molar-refractivity contribution in [3.05, 3.63) is 27.7 Å². The van der Waals surface area contributed by atoms with E-state index in [0.29, 0.717) is 0 Å². The van der Waals surface area contributed by atoms with Gasteiger partial charge in [0.15, 0.2) is 5.75 Å². The number of hydrogen-bond acceptors (Lipinski definition) is 4. The molecule has 0 aliphatic carbocycles. The van der Waals surface area contributed by atoms with E-state index >= 15 is 0 Å². The number of pyridine rings is 1. The first-order valence-electron chi connectivity index (χ1n) is 5.14. The highest BCUT2D eigenvalue weighted by molar-refractivity contribution is 5.89. The first-order chi connectivity index (χ1) is 9.15.